The molecule has 2 aliphatic rings. The SMILES string of the molecule is C=C(C)C(=O)OC(C)C1OC(=C)C2CCC21. The van der Waals surface area contributed by atoms with E-state index in [1.54, 1.807) is 6.92 Å². The number of fused-ring (bicyclic) bond motifs is 1. The first kappa shape index (κ1) is 11.2. The number of hydrogen-bond acceptors (Lipinski definition) is 3. The Bertz CT molecular complexity index is 345. The van der Waals surface area contributed by atoms with E-state index in [0.717, 1.165) is 18.6 Å². The van der Waals surface area contributed by atoms with Crippen molar-refractivity contribution in [2.45, 2.75) is 38.9 Å². The van der Waals surface area contributed by atoms with Crippen LogP contribution >= 0.6 is 0 Å². The van der Waals surface area contributed by atoms with Gasteiger partial charge in [-0.05, 0) is 26.7 Å². The zero-order chi connectivity index (χ0) is 11.9. The van der Waals surface area contributed by atoms with Crippen molar-refractivity contribution >= 4 is 5.97 Å². The van der Waals surface area contributed by atoms with Crippen LogP contribution in [0.3, 0.4) is 0 Å². The summed E-state index contributed by atoms with van der Waals surface area (Å²) in [5, 5.41) is 0. The lowest BCUT2D eigenvalue weighted by molar-refractivity contribution is -0.150. The van der Waals surface area contributed by atoms with Crippen LogP contribution in [-0.2, 0) is 14.3 Å². The molecule has 0 radical (unpaired) electrons. The molecule has 4 unspecified atom stereocenters. The standard InChI is InChI=1S/C13H18O3/c1-7(2)13(14)16-9(4)12-11-6-5-10(11)8(3)15-12/h9-12H,1,3,5-6H2,2,4H3. The smallest absolute Gasteiger partial charge is 0.333 e. The Morgan fingerprint density at radius 2 is 2.25 bits per heavy atom. The molecular weight excluding hydrogens is 204 g/mol. The number of allylic oxidation sites excluding steroid dienone is 1. The lowest BCUT2D eigenvalue weighted by atomic mass is 9.71. The van der Waals surface area contributed by atoms with Crippen LogP contribution < -0.4 is 0 Å². The molecule has 0 spiro atoms. The summed E-state index contributed by atoms with van der Waals surface area (Å²) in [7, 11) is 0. The monoisotopic (exact) mass is 222 g/mol. The molecule has 0 amide bonds. The molecule has 3 heteroatoms. The van der Waals surface area contributed by atoms with E-state index in [-0.39, 0.29) is 18.2 Å². The van der Waals surface area contributed by atoms with Crippen LogP contribution in [0.15, 0.2) is 24.5 Å². The molecule has 1 saturated carbocycles. The summed E-state index contributed by atoms with van der Waals surface area (Å²) in [4.78, 5) is 11.4. The van der Waals surface area contributed by atoms with Crippen molar-refractivity contribution in [2.24, 2.45) is 11.8 Å². The van der Waals surface area contributed by atoms with Gasteiger partial charge in [-0.25, -0.2) is 4.79 Å². The first-order chi connectivity index (χ1) is 7.50. The molecule has 1 aliphatic carbocycles. The zero-order valence-corrected chi connectivity index (χ0v) is 9.86. The molecular formula is C13H18O3. The van der Waals surface area contributed by atoms with Crippen LogP contribution in [0, 0.1) is 11.8 Å². The predicted molar refractivity (Wildman–Crippen MR) is 60.6 cm³/mol. The van der Waals surface area contributed by atoms with E-state index in [0.29, 0.717) is 17.4 Å². The lowest BCUT2D eigenvalue weighted by Gasteiger charge is -2.32. The maximum absolute atomic E-state index is 11.4. The normalized spacial score (nSPS) is 33.4. The van der Waals surface area contributed by atoms with Crippen LogP contribution in [0.2, 0.25) is 0 Å². The molecule has 2 rings (SSSR count). The highest BCUT2D eigenvalue weighted by Gasteiger charge is 2.49. The number of carbonyl (C=O) groups excluding carboxylic acids is 1. The Morgan fingerprint density at radius 1 is 1.56 bits per heavy atom. The van der Waals surface area contributed by atoms with Gasteiger partial charge in [-0.3, -0.25) is 0 Å². The molecule has 0 N–H and O–H groups in total. The quantitative estimate of drug-likeness (QED) is 0.543. The minimum absolute atomic E-state index is 0.0189. The molecule has 0 aromatic rings. The summed E-state index contributed by atoms with van der Waals surface area (Å²) in [6, 6.07) is 0. The van der Waals surface area contributed by atoms with Crippen molar-refractivity contribution in [3.8, 4) is 0 Å². The van der Waals surface area contributed by atoms with E-state index in [9.17, 15) is 4.79 Å². The van der Waals surface area contributed by atoms with E-state index in [2.05, 4.69) is 13.2 Å². The van der Waals surface area contributed by atoms with Crippen molar-refractivity contribution in [1.82, 2.24) is 0 Å². The highest BCUT2D eigenvalue weighted by molar-refractivity contribution is 5.87. The Balaban J connectivity index is 1.95. The van der Waals surface area contributed by atoms with Gasteiger partial charge >= 0.3 is 5.97 Å². The summed E-state index contributed by atoms with van der Waals surface area (Å²) in [6.07, 6.45) is 2.05. The highest BCUT2D eigenvalue weighted by Crippen LogP contribution is 2.49. The van der Waals surface area contributed by atoms with E-state index < -0.39 is 0 Å². The van der Waals surface area contributed by atoms with Gasteiger partial charge in [-0.15, -0.1) is 0 Å². The van der Waals surface area contributed by atoms with Crippen LogP contribution in [0.25, 0.3) is 0 Å². The Hall–Kier alpha value is -1.25. The minimum Gasteiger partial charge on any atom is -0.491 e. The fourth-order valence-electron chi connectivity index (χ4n) is 2.45. The van der Waals surface area contributed by atoms with E-state index in [1.807, 2.05) is 6.92 Å². The van der Waals surface area contributed by atoms with E-state index in [4.69, 9.17) is 9.47 Å². The second kappa shape index (κ2) is 3.96. The number of ether oxygens (including phenoxy) is 2. The fourth-order valence-corrected chi connectivity index (χ4v) is 2.45. The van der Waals surface area contributed by atoms with Crippen molar-refractivity contribution in [3.63, 3.8) is 0 Å². The van der Waals surface area contributed by atoms with E-state index >= 15 is 0 Å². The molecule has 3 nitrogen and oxygen atoms in total. The summed E-state index contributed by atoms with van der Waals surface area (Å²) in [6.45, 7) is 11.0. The number of carbonyl (C=O) groups is 1. The molecule has 1 heterocycles. The van der Waals surface area contributed by atoms with Gasteiger partial charge in [0.2, 0.25) is 0 Å². The number of hydrogen-bond donors (Lipinski definition) is 0. The Labute approximate surface area is 96.1 Å². The second-order valence-electron chi connectivity index (χ2n) is 4.79. The van der Waals surface area contributed by atoms with Crippen molar-refractivity contribution in [2.75, 3.05) is 0 Å². The third-order valence-electron chi connectivity index (χ3n) is 3.55. The van der Waals surface area contributed by atoms with Crippen molar-refractivity contribution in [3.05, 3.63) is 24.5 Å². The fraction of sp³-hybridized carbons (Fsp3) is 0.615. The van der Waals surface area contributed by atoms with E-state index in [1.165, 1.54) is 0 Å². The van der Waals surface area contributed by atoms with Gasteiger partial charge < -0.3 is 9.47 Å². The molecule has 0 bridgehead atoms. The number of esters is 1. The molecule has 1 aliphatic heterocycles. The van der Waals surface area contributed by atoms with Crippen LogP contribution in [0.5, 0.6) is 0 Å². The first-order valence-electron chi connectivity index (χ1n) is 5.72. The average Bonchev–Trinajstić information content (AvgIpc) is 2.35. The van der Waals surface area contributed by atoms with Gasteiger partial charge in [-0.1, -0.05) is 13.2 Å². The maximum atomic E-state index is 11.4. The topological polar surface area (TPSA) is 35.5 Å². The maximum Gasteiger partial charge on any atom is 0.333 e. The van der Waals surface area contributed by atoms with Gasteiger partial charge in [0.1, 0.15) is 12.2 Å². The predicted octanol–water partition coefficient (Wildman–Crippen LogP) is 2.43. The molecule has 16 heavy (non-hydrogen) atoms. The Morgan fingerprint density at radius 3 is 2.69 bits per heavy atom. The van der Waals surface area contributed by atoms with Crippen LogP contribution in [0.1, 0.15) is 26.7 Å². The van der Waals surface area contributed by atoms with Crippen molar-refractivity contribution < 1.29 is 14.3 Å². The van der Waals surface area contributed by atoms with Crippen molar-refractivity contribution in [1.29, 1.82) is 0 Å². The molecule has 1 saturated heterocycles. The van der Waals surface area contributed by atoms with Crippen LogP contribution in [-0.4, -0.2) is 18.2 Å². The van der Waals surface area contributed by atoms with Gasteiger partial charge in [0.15, 0.2) is 0 Å². The zero-order valence-electron chi connectivity index (χ0n) is 9.86. The average molecular weight is 222 g/mol. The second-order valence-corrected chi connectivity index (χ2v) is 4.79. The summed E-state index contributed by atoms with van der Waals surface area (Å²) in [5.74, 6) is 1.49. The molecule has 88 valence electrons. The van der Waals surface area contributed by atoms with Gasteiger partial charge in [0.05, 0.1) is 5.76 Å². The molecule has 4 atom stereocenters. The molecule has 2 fully saturated rings. The van der Waals surface area contributed by atoms with Crippen LogP contribution in [0.4, 0.5) is 0 Å². The van der Waals surface area contributed by atoms with Gasteiger partial charge in [0, 0.05) is 17.4 Å². The third kappa shape index (κ3) is 1.75. The third-order valence-corrected chi connectivity index (χ3v) is 3.55. The largest absolute Gasteiger partial charge is 0.491 e. The highest BCUT2D eigenvalue weighted by atomic mass is 16.6. The number of rotatable bonds is 3. The summed E-state index contributed by atoms with van der Waals surface area (Å²) < 4.78 is 11.0. The first-order valence-corrected chi connectivity index (χ1v) is 5.72. The Kier molecular flexibility index (Phi) is 2.78. The lowest BCUT2D eigenvalue weighted by Crippen LogP contribution is -2.38. The minimum atomic E-state index is -0.343. The molecule has 0 aromatic carbocycles. The van der Waals surface area contributed by atoms with Gasteiger partial charge in [-0.2, -0.15) is 0 Å². The summed E-state index contributed by atoms with van der Waals surface area (Å²) in [5.41, 5.74) is 0.425. The van der Waals surface area contributed by atoms with Gasteiger partial charge in [0.25, 0.3) is 0 Å². The summed E-state index contributed by atoms with van der Waals surface area (Å²) >= 11 is 0. The molecule has 0 aromatic heterocycles.